The van der Waals surface area contributed by atoms with Gasteiger partial charge in [-0.25, -0.2) is 4.98 Å². The van der Waals surface area contributed by atoms with E-state index in [-0.39, 0.29) is 29.7 Å². The van der Waals surface area contributed by atoms with Gasteiger partial charge in [0.25, 0.3) is 0 Å². The van der Waals surface area contributed by atoms with Crippen LogP contribution in [0.1, 0.15) is 36.7 Å². The van der Waals surface area contributed by atoms with Crippen LogP contribution in [0, 0.1) is 11.8 Å². The summed E-state index contributed by atoms with van der Waals surface area (Å²) < 4.78 is 0. The number of fused-ring (bicyclic) bond motifs is 2. The summed E-state index contributed by atoms with van der Waals surface area (Å²) >= 11 is 1.57. The lowest BCUT2D eigenvalue weighted by Gasteiger charge is -2.35. The molecule has 2 fully saturated rings. The fourth-order valence-electron chi connectivity index (χ4n) is 4.74. The molecule has 2 aromatic rings. The molecule has 3 aliphatic heterocycles. The molecule has 0 radical (unpaired) electrons. The van der Waals surface area contributed by atoms with Crippen LogP contribution in [0.3, 0.4) is 0 Å². The van der Waals surface area contributed by atoms with E-state index in [9.17, 15) is 9.59 Å². The van der Waals surface area contributed by atoms with Gasteiger partial charge in [0.2, 0.25) is 17.6 Å². The van der Waals surface area contributed by atoms with Crippen LogP contribution in [0.4, 0.5) is 0 Å². The van der Waals surface area contributed by atoms with Crippen molar-refractivity contribution in [1.29, 1.82) is 0 Å². The summed E-state index contributed by atoms with van der Waals surface area (Å²) in [4.78, 5) is 33.1. The number of nitrogens with zero attached hydrogens (tertiary/aromatic N) is 5. The number of benzene rings is 1. The minimum absolute atomic E-state index is 0.0900. The fraction of sp³-hybridized carbons (Fsp3) is 0.250. The Morgan fingerprint density at radius 1 is 1.00 bits per heavy atom. The predicted octanol–water partition coefficient (Wildman–Crippen LogP) is 2.40. The van der Waals surface area contributed by atoms with E-state index in [1.165, 1.54) is 0 Å². The summed E-state index contributed by atoms with van der Waals surface area (Å²) in [5.41, 5.74) is 7.07. The number of tetrazole rings is 1. The standard InChI is InChI=1S/C24H21N7O2S/c32-22-18-10-9-17(14-19(18)23(33)27-26-22)30-28-20(11-8-15-5-2-1-3-6-15)29-31(30)21-13-16-7-4-12-34-24(16)25-21/h1-8,11-13,17-19H,9-10,14H2,(H,28,29)/p+1/b11-8+/t17-,18-,19-/m1/s1. The van der Waals surface area contributed by atoms with Gasteiger partial charge in [-0.15, -0.1) is 11.3 Å². The highest BCUT2D eigenvalue weighted by atomic mass is 32.1. The number of hydrazine groups is 1. The number of carbonyl (C=O) groups excluding carboxylic acids is 2. The van der Waals surface area contributed by atoms with Crippen molar-refractivity contribution in [1.82, 2.24) is 30.8 Å². The first-order chi connectivity index (χ1) is 16.7. The Bertz CT molecular complexity index is 1330. The predicted molar refractivity (Wildman–Crippen MR) is 125 cm³/mol. The van der Waals surface area contributed by atoms with Crippen LogP contribution in [-0.2, 0) is 9.59 Å². The molecule has 1 aromatic carbocycles. The minimum atomic E-state index is -0.387. The summed E-state index contributed by atoms with van der Waals surface area (Å²) in [7, 11) is 0. The molecule has 2 N–H and O–H groups in total. The molecule has 9 nitrogen and oxygen atoms in total. The largest absolute Gasteiger partial charge is 0.332 e. The average molecular weight is 473 g/mol. The first kappa shape index (κ1) is 20.7. The Balaban J connectivity index is 1.38. The number of hydrogen-bond acceptors (Lipinski definition) is 6. The van der Waals surface area contributed by atoms with Gasteiger partial charge in [-0.1, -0.05) is 42.5 Å². The Morgan fingerprint density at radius 2 is 1.82 bits per heavy atom. The molecule has 4 aliphatic rings. The maximum Gasteiger partial charge on any atom is 0.332 e. The van der Waals surface area contributed by atoms with Gasteiger partial charge in [0.15, 0.2) is 0 Å². The SMILES string of the molecule is O=C1NNC(=O)[C@@H]2C[C@H]([n+]3nc(/C=C/c4ccccc4)nn3-c3cc4cccsc-4n3)CC[C@@H]12. The van der Waals surface area contributed by atoms with Crippen LogP contribution in [0.15, 0.2) is 53.9 Å². The third-order valence-electron chi connectivity index (χ3n) is 6.44. The normalized spacial score (nSPS) is 22.5. The van der Waals surface area contributed by atoms with Gasteiger partial charge >= 0.3 is 5.82 Å². The van der Waals surface area contributed by atoms with Crippen molar-refractivity contribution in [2.45, 2.75) is 25.3 Å². The second kappa shape index (κ2) is 8.45. The Hall–Kier alpha value is -3.92. The summed E-state index contributed by atoms with van der Waals surface area (Å²) in [5, 5.41) is 12.5. The topological polar surface area (TPSA) is 106 Å². The van der Waals surface area contributed by atoms with E-state index in [1.807, 2.05) is 70.9 Å². The molecule has 0 spiro atoms. The molecular formula is C24H22N7O2S+. The highest BCUT2D eigenvalue weighted by Gasteiger charge is 2.45. The maximum atomic E-state index is 12.5. The molecule has 3 atom stereocenters. The Kier molecular flexibility index (Phi) is 5.14. The second-order valence-corrected chi connectivity index (χ2v) is 9.45. The third kappa shape index (κ3) is 3.75. The smallest absolute Gasteiger partial charge is 0.273 e. The maximum absolute atomic E-state index is 12.5. The number of hydrogen-bond donors (Lipinski definition) is 2. The summed E-state index contributed by atoms with van der Waals surface area (Å²) in [5.74, 6) is 0.267. The lowest BCUT2D eigenvalue weighted by atomic mass is 9.75. The van der Waals surface area contributed by atoms with Crippen LogP contribution in [0.25, 0.3) is 28.5 Å². The molecule has 2 amide bonds. The quantitative estimate of drug-likeness (QED) is 0.444. The number of aromatic nitrogens is 5. The average Bonchev–Trinajstić information content (AvgIpc) is 3.50. The molecule has 1 saturated heterocycles. The molecule has 1 aliphatic carbocycles. The molecule has 34 heavy (non-hydrogen) atoms. The highest BCUT2D eigenvalue weighted by Crippen LogP contribution is 2.36. The minimum Gasteiger partial charge on any atom is -0.273 e. The molecule has 4 heterocycles. The van der Waals surface area contributed by atoms with E-state index >= 15 is 0 Å². The zero-order valence-electron chi connectivity index (χ0n) is 18.2. The van der Waals surface area contributed by atoms with Gasteiger partial charge in [-0.3, -0.25) is 20.4 Å². The van der Waals surface area contributed by atoms with Crippen molar-refractivity contribution in [3.8, 4) is 16.4 Å². The number of rotatable bonds is 4. The van der Waals surface area contributed by atoms with E-state index in [0.29, 0.717) is 24.5 Å². The highest BCUT2D eigenvalue weighted by molar-refractivity contribution is 7.12. The molecule has 0 bridgehead atoms. The number of carbonyl (C=O) groups is 2. The zero-order chi connectivity index (χ0) is 23.1. The van der Waals surface area contributed by atoms with Crippen molar-refractivity contribution in [2.75, 3.05) is 0 Å². The molecule has 10 heteroatoms. The van der Waals surface area contributed by atoms with Crippen LogP contribution in [-0.4, -0.2) is 31.8 Å². The van der Waals surface area contributed by atoms with Gasteiger partial charge in [-0.2, -0.15) is 0 Å². The van der Waals surface area contributed by atoms with Crippen LogP contribution >= 0.6 is 11.3 Å². The molecule has 170 valence electrons. The zero-order valence-corrected chi connectivity index (χ0v) is 19.0. The van der Waals surface area contributed by atoms with Crippen LogP contribution in [0.2, 0.25) is 0 Å². The van der Waals surface area contributed by atoms with E-state index < -0.39 is 0 Å². The van der Waals surface area contributed by atoms with E-state index in [2.05, 4.69) is 10.9 Å². The van der Waals surface area contributed by atoms with Crippen molar-refractivity contribution in [2.24, 2.45) is 11.8 Å². The van der Waals surface area contributed by atoms with Gasteiger partial charge in [0.1, 0.15) is 11.0 Å². The summed E-state index contributed by atoms with van der Waals surface area (Å²) in [6.45, 7) is 0. The number of amides is 2. The van der Waals surface area contributed by atoms with Gasteiger partial charge in [0, 0.05) is 22.9 Å². The second-order valence-electron chi connectivity index (χ2n) is 8.56. The lowest BCUT2D eigenvalue weighted by molar-refractivity contribution is -0.844. The van der Waals surface area contributed by atoms with Gasteiger partial charge in [-0.05, 0) is 45.8 Å². The number of nitrogens with one attached hydrogen (secondary N) is 2. The molecule has 1 saturated carbocycles. The summed E-state index contributed by atoms with van der Waals surface area (Å²) in [6, 6.07) is 15.9. The monoisotopic (exact) mass is 472 g/mol. The van der Waals surface area contributed by atoms with E-state index in [4.69, 9.17) is 15.2 Å². The van der Waals surface area contributed by atoms with E-state index in [0.717, 1.165) is 22.6 Å². The summed E-state index contributed by atoms with van der Waals surface area (Å²) in [6.07, 6.45) is 5.69. The van der Waals surface area contributed by atoms with Crippen molar-refractivity contribution < 1.29 is 14.4 Å². The Morgan fingerprint density at radius 3 is 2.65 bits per heavy atom. The molecule has 0 unspecified atom stereocenters. The first-order valence-electron chi connectivity index (χ1n) is 11.2. The van der Waals surface area contributed by atoms with Crippen molar-refractivity contribution >= 4 is 35.3 Å². The third-order valence-corrected chi connectivity index (χ3v) is 7.28. The van der Waals surface area contributed by atoms with E-state index in [1.54, 1.807) is 16.1 Å². The van der Waals surface area contributed by atoms with Crippen LogP contribution < -0.4 is 15.6 Å². The van der Waals surface area contributed by atoms with Gasteiger partial charge < -0.3 is 0 Å². The van der Waals surface area contributed by atoms with Gasteiger partial charge in [0.05, 0.1) is 16.9 Å². The van der Waals surface area contributed by atoms with Crippen molar-refractivity contribution in [3.63, 3.8) is 0 Å². The van der Waals surface area contributed by atoms with Crippen LogP contribution in [0.5, 0.6) is 0 Å². The first-order valence-corrected chi connectivity index (χ1v) is 12.1. The van der Waals surface area contributed by atoms with Crippen molar-refractivity contribution in [3.05, 3.63) is 65.3 Å². The molecule has 6 rings (SSSR count). The fourth-order valence-corrected chi connectivity index (χ4v) is 5.43. The lowest BCUT2D eigenvalue weighted by Crippen LogP contribution is -2.60. The Labute approximate surface area is 199 Å². The molecule has 1 aromatic heterocycles. The molecular weight excluding hydrogens is 450 g/mol.